The standard InChI is InChI=1S/C19H14BrFN2O5/c20-9-10-28-17-13(18(24)25)6-8-15-16(17)14(22-23(15)19(26)27)7-3-11-1-4-12(21)5-2-11/h1-8H,9-10H2,(H,24,25)(H,26,27). The second-order valence-corrected chi connectivity index (χ2v) is 6.44. The van der Waals surface area contributed by atoms with Crippen molar-refractivity contribution in [3.05, 3.63) is 59.0 Å². The molecular formula is C19H14BrFN2O5. The number of aromatic nitrogens is 2. The number of alkyl halides is 1. The molecule has 1 aromatic heterocycles. The van der Waals surface area contributed by atoms with Gasteiger partial charge < -0.3 is 14.9 Å². The van der Waals surface area contributed by atoms with Crippen molar-refractivity contribution in [3.8, 4) is 5.75 Å². The van der Waals surface area contributed by atoms with Gasteiger partial charge in [-0.2, -0.15) is 9.78 Å². The first-order valence-electron chi connectivity index (χ1n) is 8.07. The fraction of sp³-hybridized carbons (Fsp3) is 0.105. The minimum atomic E-state index is -1.32. The molecule has 3 rings (SSSR count). The van der Waals surface area contributed by atoms with E-state index in [-0.39, 0.29) is 40.3 Å². The van der Waals surface area contributed by atoms with Crippen LogP contribution in [0.2, 0.25) is 0 Å². The summed E-state index contributed by atoms with van der Waals surface area (Å²) in [5, 5.41) is 23.7. The molecule has 0 aliphatic heterocycles. The number of fused-ring (bicyclic) bond motifs is 1. The van der Waals surface area contributed by atoms with Crippen LogP contribution in [0.25, 0.3) is 23.1 Å². The van der Waals surface area contributed by atoms with Crippen molar-refractivity contribution < 1.29 is 28.9 Å². The summed E-state index contributed by atoms with van der Waals surface area (Å²) in [5.41, 5.74) is 0.974. The maximum absolute atomic E-state index is 13.1. The Morgan fingerprint density at radius 3 is 2.46 bits per heavy atom. The van der Waals surface area contributed by atoms with Crippen LogP contribution in [0.4, 0.5) is 9.18 Å². The highest BCUT2D eigenvalue weighted by Gasteiger charge is 2.22. The van der Waals surface area contributed by atoms with Crippen molar-refractivity contribution in [1.29, 1.82) is 0 Å². The SMILES string of the molecule is O=C(O)c1ccc2c(c(C=Cc3ccc(F)cc3)nn2C(=O)O)c1OCCBr. The third kappa shape index (κ3) is 3.89. The Labute approximate surface area is 166 Å². The topological polar surface area (TPSA) is 102 Å². The highest BCUT2D eigenvalue weighted by molar-refractivity contribution is 9.09. The van der Waals surface area contributed by atoms with Crippen molar-refractivity contribution in [2.45, 2.75) is 0 Å². The minimum absolute atomic E-state index is 0.0377. The summed E-state index contributed by atoms with van der Waals surface area (Å²) in [6, 6.07) is 8.33. The van der Waals surface area contributed by atoms with Crippen LogP contribution < -0.4 is 4.74 Å². The highest BCUT2D eigenvalue weighted by atomic mass is 79.9. The lowest BCUT2D eigenvalue weighted by atomic mass is 10.1. The van der Waals surface area contributed by atoms with E-state index in [1.54, 1.807) is 18.2 Å². The van der Waals surface area contributed by atoms with Crippen LogP contribution >= 0.6 is 15.9 Å². The van der Waals surface area contributed by atoms with E-state index < -0.39 is 12.1 Å². The summed E-state index contributed by atoms with van der Waals surface area (Å²) in [4.78, 5) is 23.2. The number of carboxylic acids is 1. The zero-order valence-corrected chi connectivity index (χ0v) is 15.9. The number of halogens is 2. The zero-order chi connectivity index (χ0) is 20.3. The Kier molecular flexibility index (Phi) is 5.74. The molecule has 0 saturated heterocycles. The number of hydrogen-bond donors (Lipinski definition) is 2. The molecule has 0 unspecified atom stereocenters. The number of carbonyl (C=O) groups is 2. The van der Waals surface area contributed by atoms with Gasteiger partial charge in [0.1, 0.15) is 17.1 Å². The predicted octanol–water partition coefficient (Wildman–Crippen LogP) is 4.34. The van der Waals surface area contributed by atoms with Gasteiger partial charge in [0, 0.05) is 5.33 Å². The second kappa shape index (κ2) is 8.22. The molecule has 1 heterocycles. The summed E-state index contributed by atoms with van der Waals surface area (Å²) in [5.74, 6) is -1.55. The monoisotopic (exact) mass is 448 g/mol. The van der Waals surface area contributed by atoms with Crippen molar-refractivity contribution in [3.63, 3.8) is 0 Å². The number of benzene rings is 2. The summed E-state index contributed by atoms with van der Waals surface area (Å²) in [6.45, 7) is 0.179. The first kappa shape index (κ1) is 19.6. The molecule has 3 aromatic rings. The van der Waals surface area contributed by atoms with Crippen LogP contribution in [0.5, 0.6) is 5.75 Å². The quantitative estimate of drug-likeness (QED) is 0.543. The molecular weight excluding hydrogens is 435 g/mol. The van der Waals surface area contributed by atoms with Crippen LogP contribution in [0.3, 0.4) is 0 Å². The van der Waals surface area contributed by atoms with E-state index in [2.05, 4.69) is 21.0 Å². The third-order valence-corrected chi connectivity index (χ3v) is 4.19. The summed E-state index contributed by atoms with van der Waals surface area (Å²) in [7, 11) is 0. The average Bonchev–Trinajstić information content (AvgIpc) is 3.05. The van der Waals surface area contributed by atoms with Crippen molar-refractivity contribution in [1.82, 2.24) is 9.78 Å². The molecule has 0 atom stereocenters. The fourth-order valence-corrected chi connectivity index (χ4v) is 2.84. The highest BCUT2D eigenvalue weighted by Crippen LogP contribution is 2.34. The lowest BCUT2D eigenvalue weighted by molar-refractivity contribution is 0.0693. The van der Waals surface area contributed by atoms with Gasteiger partial charge >= 0.3 is 12.1 Å². The molecule has 0 aliphatic carbocycles. The maximum Gasteiger partial charge on any atom is 0.432 e. The zero-order valence-electron chi connectivity index (χ0n) is 14.3. The van der Waals surface area contributed by atoms with Gasteiger partial charge in [-0.25, -0.2) is 14.0 Å². The molecule has 9 heteroatoms. The Morgan fingerprint density at radius 2 is 1.86 bits per heavy atom. The maximum atomic E-state index is 13.1. The lowest BCUT2D eigenvalue weighted by Crippen LogP contribution is -2.10. The van der Waals surface area contributed by atoms with E-state index in [4.69, 9.17) is 4.74 Å². The summed E-state index contributed by atoms with van der Waals surface area (Å²) in [6.07, 6.45) is 1.83. The lowest BCUT2D eigenvalue weighted by Gasteiger charge is -2.10. The van der Waals surface area contributed by atoms with Crippen LogP contribution in [0.1, 0.15) is 21.6 Å². The molecule has 0 saturated carbocycles. The number of ether oxygens (including phenoxy) is 1. The van der Waals surface area contributed by atoms with Gasteiger partial charge in [-0.05, 0) is 35.9 Å². The number of carboxylic acid groups (broad SMARTS) is 2. The molecule has 2 aromatic carbocycles. The largest absolute Gasteiger partial charge is 0.491 e. The van der Waals surface area contributed by atoms with E-state index in [1.165, 1.54) is 30.3 Å². The number of rotatable bonds is 6. The molecule has 0 spiro atoms. The van der Waals surface area contributed by atoms with E-state index >= 15 is 0 Å². The molecule has 7 nitrogen and oxygen atoms in total. The Morgan fingerprint density at radius 1 is 1.14 bits per heavy atom. The molecule has 2 N–H and O–H groups in total. The fourth-order valence-electron chi connectivity index (χ4n) is 2.68. The van der Waals surface area contributed by atoms with E-state index in [9.17, 15) is 24.2 Å². The van der Waals surface area contributed by atoms with Gasteiger partial charge in [0.25, 0.3) is 0 Å². The van der Waals surface area contributed by atoms with Crippen molar-refractivity contribution >= 4 is 51.0 Å². The second-order valence-electron chi connectivity index (χ2n) is 5.64. The van der Waals surface area contributed by atoms with E-state index in [0.29, 0.717) is 10.9 Å². The smallest absolute Gasteiger partial charge is 0.432 e. The predicted molar refractivity (Wildman–Crippen MR) is 105 cm³/mol. The first-order valence-corrected chi connectivity index (χ1v) is 9.19. The molecule has 0 fully saturated rings. The Balaban J connectivity index is 2.22. The number of aromatic carboxylic acids is 1. The van der Waals surface area contributed by atoms with E-state index in [1.807, 2.05) is 0 Å². The van der Waals surface area contributed by atoms with Crippen LogP contribution in [0, 0.1) is 5.82 Å². The van der Waals surface area contributed by atoms with Gasteiger partial charge in [-0.3, -0.25) is 0 Å². The Hall–Kier alpha value is -3.20. The van der Waals surface area contributed by atoms with Crippen LogP contribution in [-0.2, 0) is 0 Å². The van der Waals surface area contributed by atoms with Gasteiger partial charge in [0.2, 0.25) is 0 Å². The number of nitrogens with zero attached hydrogens (tertiary/aromatic N) is 2. The minimum Gasteiger partial charge on any atom is -0.491 e. The molecule has 0 aliphatic rings. The van der Waals surface area contributed by atoms with Crippen molar-refractivity contribution in [2.24, 2.45) is 0 Å². The Bertz CT molecular complexity index is 1080. The first-order chi connectivity index (χ1) is 13.4. The number of hydrogen-bond acceptors (Lipinski definition) is 4. The third-order valence-electron chi connectivity index (χ3n) is 3.87. The van der Waals surface area contributed by atoms with Gasteiger partial charge in [-0.1, -0.05) is 34.1 Å². The molecule has 144 valence electrons. The molecule has 0 radical (unpaired) electrons. The van der Waals surface area contributed by atoms with Gasteiger partial charge in [0.05, 0.1) is 23.2 Å². The molecule has 28 heavy (non-hydrogen) atoms. The molecule has 0 bridgehead atoms. The average molecular weight is 449 g/mol. The van der Waals surface area contributed by atoms with Crippen molar-refractivity contribution in [2.75, 3.05) is 11.9 Å². The van der Waals surface area contributed by atoms with Gasteiger partial charge in [-0.15, -0.1) is 0 Å². The van der Waals surface area contributed by atoms with Crippen LogP contribution in [0.15, 0.2) is 36.4 Å². The summed E-state index contributed by atoms with van der Waals surface area (Å²) < 4.78 is 19.4. The normalized spacial score (nSPS) is 11.2. The van der Waals surface area contributed by atoms with Crippen LogP contribution in [-0.4, -0.2) is 44.0 Å². The molecule has 0 amide bonds. The van der Waals surface area contributed by atoms with E-state index in [0.717, 1.165) is 4.68 Å². The van der Waals surface area contributed by atoms with Gasteiger partial charge in [0.15, 0.2) is 0 Å². The summed E-state index contributed by atoms with van der Waals surface area (Å²) >= 11 is 3.21.